The molecule has 0 N–H and O–H groups in total. The van der Waals surface area contributed by atoms with Crippen LogP contribution in [-0.4, -0.2) is 6.11 Å². The van der Waals surface area contributed by atoms with E-state index in [0.29, 0.717) is 0 Å². The van der Waals surface area contributed by atoms with Crippen LogP contribution in [0.25, 0.3) is 0 Å². The van der Waals surface area contributed by atoms with E-state index in [4.69, 9.17) is 0 Å². The molecule has 1 aromatic carbocycles. The second-order valence-corrected chi connectivity index (χ2v) is 4.18. The van der Waals surface area contributed by atoms with Gasteiger partial charge in [0.1, 0.15) is 5.75 Å². The molecule has 1 rings (SSSR count). The van der Waals surface area contributed by atoms with Gasteiger partial charge in [0.15, 0.2) is 0 Å². The third-order valence-corrected chi connectivity index (χ3v) is 1.86. The summed E-state index contributed by atoms with van der Waals surface area (Å²) >= 11 is 0. The quantitative estimate of drug-likeness (QED) is 0.707. The minimum absolute atomic E-state index is 0.187. The molecule has 0 amide bonds. The van der Waals surface area contributed by atoms with Gasteiger partial charge >= 0.3 is 6.11 Å². The van der Waals surface area contributed by atoms with Crippen molar-refractivity contribution in [3.63, 3.8) is 0 Å². The first-order chi connectivity index (χ1) is 6.33. The maximum atomic E-state index is 13.4. The molecule has 78 valence electrons. The van der Waals surface area contributed by atoms with Crippen molar-refractivity contribution in [3.8, 4) is 5.75 Å². The molecule has 0 aliphatic rings. The molecule has 0 fully saturated rings. The lowest BCUT2D eigenvalue weighted by Gasteiger charge is -2.29. The lowest BCUT2D eigenvalue weighted by molar-refractivity contribution is -0.243. The Balaban J connectivity index is 2.79. The highest BCUT2D eigenvalue weighted by atomic mass is 19.3. The highest BCUT2D eigenvalue weighted by molar-refractivity contribution is 5.21. The summed E-state index contributed by atoms with van der Waals surface area (Å²) in [6, 6.07) is 8.10. The number of benzene rings is 1. The Bertz CT molecular complexity index is 288. The molecule has 0 spiro atoms. The van der Waals surface area contributed by atoms with Crippen LogP contribution >= 0.6 is 0 Å². The highest BCUT2D eigenvalue weighted by Crippen LogP contribution is 2.37. The molecule has 0 heterocycles. The fourth-order valence-electron chi connectivity index (χ4n) is 0.790. The van der Waals surface area contributed by atoms with Crippen LogP contribution in [0.15, 0.2) is 30.3 Å². The zero-order chi connectivity index (χ0) is 10.8. The molecular weight excluding hydrogens is 186 g/mol. The summed E-state index contributed by atoms with van der Waals surface area (Å²) < 4.78 is 31.4. The fraction of sp³-hybridized carbons (Fsp3) is 0.455. The van der Waals surface area contributed by atoms with Gasteiger partial charge in [0.25, 0.3) is 0 Å². The van der Waals surface area contributed by atoms with Crippen LogP contribution in [0.1, 0.15) is 20.8 Å². The van der Waals surface area contributed by atoms with Gasteiger partial charge in [-0.25, -0.2) is 0 Å². The van der Waals surface area contributed by atoms with Crippen LogP contribution in [-0.2, 0) is 0 Å². The molecule has 0 atom stereocenters. The van der Waals surface area contributed by atoms with Crippen LogP contribution < -0.4 is 4.74 Å². The summed E-state index contributed by atoms with van der Waals surface area (Å²) in [5.74, 6) is 0.187. The first kappa shape index (κ1) is 11.0. The smallest absolute Gasteiger partial charge is 0.402 e. The number of ether oxygens (including phenoxy) is 1. The number of hydrogen-bond acceptors (Lipinski definition) is 1. The summed E-state index contributed by atoms with van der Waals surface area (Å²) in [5, 5.41) is 0. The van der Waals surface area contributed by atoms with Crippen molar-refractivity contribution in [2.75, 3.05) is 0 Å². The van der Waals surface area contributed by atoms with Crippen LogP contribution in [0.5, 0.6) is 5.75 Å². The zero-order valence-electron chi connectivity index (χ0n) is 8.55. The van der Waals surface area contributed by atoms with Crippen LogP contribution in [0.2, 0.25) is 0 Å². The van der Waals surface area contributed by atoms with Gasteiger partial charge in [-0.15, -0.1) is 0 Å². The molecular formula is C11H14F2O. The van der Waals surface area contributed by atoms with Gasteiger partial charge in [-0.3, -0.25) is 0 Å². The van der Waals surface area contributed by atoms with Crippen molar-refractivity contribution >= 4 is 0 Å². The third kappa shape index (κ3) is 2.44. The summed E-state index contributed by atoms with van der Waals surface area (Å²) in [6.45, 7) is 4.32. The van der Waals surface area contributed by atoms with E-state index in [2.05, 4.69) is 4.74 Å². The van der Waals surface area contributed by atoms with Crippen molar-refractivity contribution in [1.82, 2.24) is 0 Å². The summed E-state index contributed by atoms with van der Waals surface area (Å²) in [4.78, 5) is 0. The van der Waals surface area contributed by atoms with E-state index in [9.17, 15) is 8.78 Å². The summed E-state index contributed by atoms with van der Waals surface area (Å²) in [7, 11) is 0. The molecule has 0 unspecified atom stereocenters. The van der Waals surface area contributed by atoms with Crippen LogP contribution in [0.3, 0.4) is 0 Å². The fourth-order valence-corrected chi connectivity index (χ4v) is 0.790. The monoisotopic (exact) mass is 200 g/mol. The van der Waals surface area contributed by atoms with Gasteiger partial charge in [0.2, 0.25) is 0 Å². The van der Waals surface area contributed by atoms with E-state index in [-0.39, 0.29) is 5.75 Å². The van der Waals surface area contributed by atoms with E-state index in [0.717, 1.165) is 0 Å². The Morgan fingerprint density at radius 2 is 1.50 bits per heavy atom. The Hall–Kier alpha value is -1.12. The first-order valence-electron chi connectivity index (χ1n) is 4.45. The maximum absolute atomic E-state index is 13.4. The van der Waals surface area contributed by atoms with E-state index >= 15 is 0 Å². The average molecular weight is 200 g/mol. The lowest BCUT2D eigenvalue weighted by Crippen LogP contribution is -2.39. The lowest BCUT2D eigenvalue weighted by atomic mass is 9.95. The second-order valence-electron chi connectivity index (χ2n) is 4.18. The second kappa shape index (κ2) is 3.56. The molecule has 3 heteroatoms. The molecule has 1 aromatic rings. The normalized spacial score (nSPS) is 12.6. The van der Waals surface area contributed by atoms with Gasteiger partial charge in [-0.1, -0.05) is 39.0 Å². The average Bonchev–Trinajstić information content (AvgIpc) is 2.03. The maximum Gasteiger partial charge on any atom is 0.402 e. The van der Waals surface area contributed by atoms with Gasteiger partial charge < -0.3 is 4.74 Å². The van der Waals surface area contributed by atoms with Crippen molar-refractivity contribution in [2.24, 2.45) is 5.41 Å². The predicted octanol–water partition coefficient (Wildman–Crippen LogP) is 3.70. The van der Waals surface area contributed by atoms with Gasteiger partial charge in [0, 0.05) is 0 Å². The van der Waals surface area contributed by atoms with Crippen molar-refractivity contribution in [1.29, 1.82) is 0 Å². The topological polar surface area (TPSA) is 9.23 Å². The van der Waals surface area contributed by atoms with Gasteiger partial charge in [0.05, 0.1) is 5.41 Å². The van der Waals surface area contributed by atoms with E-state index in [1.807, 2.05) is 0 Å². The highest BCUT2D eigenvalue weighted by Gasteiger charge is 2.45. The largest absolute Gasteiger partial charge is 0.432 e. The van der Waals surface area contributed by atoms with Crippen molar-refractivity contribution in [2.45, 2.75) is 26.9 Å². The van der Waals surface area contributed by atoms with E-state index < -0.39 is 11.5 Å². The van der Waals surface area contributed by atoms with E-state index in [1.54, 1.807) is 18.2 Å². The minimum Gasteiger partial charge on any atom is -0.432 e. The Morgan fingerprint density at radius 3 is 1.93 bits per heavy atom. The Kier molecular flexibility index (Phi) is 2.79. The molecule has 0 saturated carbocycles. The predicted molar refractivity (Wildman–Crippen MR) is 51.5 cm³/mol. The van der Waals surface area contributed by atoms with Crippen LogP contribution in [0, 0.1) is 5.41 Å². The summed E-state index contributed by atoms with van der Waals surface area (Å²) in [5.41, 5.74) is -1.21. The van der Waals surface area contributed by atoms with E-state index in [1.165, 1.54) is 32.9 Å². The van der Waals surface area contributed by atoms with Gasteiger partial charge in [-0.05, 0) is 12.1 Å². The standard InChI is InChI=1S/C11H14F2O/c1-10(2,3)11(12,13)14-9-7-5-4-6-8-9/h4-8H,1-3H3. The summed E-state index contributed by atoms with van der Waals surface area (Å²) in [6.07, 6.45) is -3.16. The Labute approximate surface area is 82.7 Å². The number of alkyl halides is 2. The molecule has 1 nitrogen and oxygen atoms in total. The molecule has 0 saturated heterocycles. The Morgan fingerprint density at radius 1 is 1.00 bits per heavy atom. The van der Waals surface area contributed by atoms with Crippen molar-refractivity contribution < 1.29 is 13.5 Å². The van der Waals surface area contributed by atoms with Crippen LogP contribution in [0.4, 0.5) is 8.78 Å². The number of halogens is 2. The molecule has 0 aliphatic heterocycles. The van der Waals surface area contributed by atoms with Crippen molar-refractivity contribution in [3.05, 3.63) is 30.3 Å². The first-order valence-corrected chi connectivity index (χ1v) is 4.45. The molecule has 0 aliphatic carbocycles. The number of hydrogen-bond donors (Lipinski definition) is 0. The number of rotatable bonds is 2. The van der Waals surface area contributed by atoms with Gasteiger partial charge in [-0.2, -0.15) is 8.78 Å². The molecule has 0 aromatic heterocycles. The third-order valence-electron chi connectivity index (χ3n) is 1.86. The zero-order valence-corrected chi connectivity index (χ0v) is 8.55. The SMILES string of the molecule is CC(C)(C)C(F)(F)Oc1ccccc1. The molecule has 0 radical (unpaired) electrons. The molecule has 0 bridgehead atoms. The molecule has 14 heavy (non-hydrogen) atoms. The minimum atomic E-state index is -3.16. The number of para-hydroxylation sites is 1.